The number of anilines is 1. The molecule has 1 fully saturated rings. The Bertz CT molecular complexity index is 690. The molecule has 2 rings (SSSR count). The van der Waals surface area contributed by atoms with Crippen molar-refractivity contribution in [2.24, 2.45) is 5.41 Å². The Hall–Kier alpha value is -2.00. The Balaban J connectivity index is 0.00000105. The Labute approximate surface area is 185 Å². The highest BCUT2D eigenvalue weighted by atomic mass is 16.5. The lowest BCUT2D eigenvalue weighted by Gasteiger charge is -2.40. The van der Waals surface area contributed by atoms with Crippen molar-refractivity contribution in [3.8, 4) is 12.8 Å². The van der Waals surface area contributed by atoms with Gasteiger partial charge in [-0.05, 0) is 59.8 Å². The summed E-state index contributed by atoms with van der Waals surface area (Å²) in [6, 6.07) is 0. The second-order valence-electron chi connectivity index (χ2n) is 9.66. The van der Waals surface area contributed by atoms with Crippen LogP contribution >= 0.6 is 0 Å². The molecule has 0 bridgehead atoms. The average molecular weight is 414 g/mol. The SMILES string of the molecule is C#C.CC(C)(C)O.[B]c1cnc(C)c(CC(=O)OC(C)C)c1N1CCC(C)(C)CC1. The number of pyridine rings is 1. The number of ether oxygens (including phenoxy) is 1. The van der Waals surface area contributed by atoms with Crippen molar-refractivity contribution >= 4 is 25.0 Å². The summed E-state index contributed by atoms with van der Waals surface area (Å²) in [4.78, 5) is 18.7. The molecule has 0 unspecified atom stereocenters. The van der Waals surface area contributed by atoms with E-state index in [1.807, 2.05) is 20.8 Å². The van der Waals surface area contributed by atoms with Crippen LogP contribution in [0.25, 0.3) is 0 Å². The summed E-state index contributed by atoms with van der Waals surface area (Å²) >= 11 is 0. The molecule has 0 amide bonds. The molecule has 1 aromatic rings. The van der Waals surface area contributed by atoms with Gasteiger partial charge in [-0.1, -0.05) is 19.3 Å². The second kappa shape index (κ2) is 12.0. The van der Waals surface area contributed by atoms with Crippen LogP contribution < -0.4 is 10.4 Å². The molecule has 1 aliphatic heterocycles. The first-order valence-corrected chi connectivity index (χ1v) is 10.4. The van der Waals surface area contributed by atoms with Crippen LogP contribution in [0.15, 0.2) is 6.20 Å². The maximum absolute atomic E-state index is 12.1. The van der Waals surface area contributed by atoms with Gasteiger partial charge in [-0.25, -0.2) is 0 Å². The molecule has 166 valence electrons. The number of aromatic nitrogens is 1. The first kappa shape index (κ1) is 28.0. The molecule has 2 radical (unpaired) electrons. The number of nitrogens with zero attached hydrogens (tertiary/aromatic N) is 2. The molecule has 5 nitrogen and oxygen atoms in total. The van der Waals surface area contributed by atoms with E-state index in [1.165, 1.54) is 0 Å². The van der Waals surface area contributed by atoms with Crippen molar-refractivity contribution in [2.75, 3.05) is 18.0 Å². The maximum atomic E-state index is 12.1. The molecule has 1 aromatic heterocycles. The molecule has 0 aromatic carbocycles. The topological polar surface area (TPSA) is 62.7 Å². The van der Waals surface area contributed by atoms with E-state index >= 15 is 0 Å². The van der Waals surface area contributed by atoms with Crippen LogP contribution in [0.3, 0.4) is 0 Å². The molecular weight excluding hydrogens is 375 g/mol. The van der Waals surface area contributed by atoms with E-state index in [1.54, 1.807) is 27.0 Å². The highest BCUT2D eigenvalue weighted by Gasteiger charge is 2.28. The lowest BCUT2D eigenvalue weighted by Crippen LogP contribution is -2.40. The van der Waals surface area contributed by atoms with Crippen molar-refractivity contribution in [1.29, 1.82) is 0 Å². The predicted molar refractivity (Wildman–Crippen MR) is 126 cm³/mol. The van der Waals surface area contributed by atoms with Crippen molar-refractivity contribution in [2.45, 2.75) is 86.4 Å². The van der Waals surface area contributed by atoms with Crippen LogP contribution in [0.5, 0.6) is 0 Å². The summed E-state index contributed by atoms with van der Waals surface area (Å²) in [5.41, 5.74) is 3.22. The van der Waals surface area contributed by atoms with Crippen LogP contribution in [0.4, 0.5) is 5.69 Å². The first-order chi connectivity index (χ1) is 13.7. The molecule has 6 heteroatoms. The van der Waals surface area contributed by atoms with Gasteiger partial charge < -0.3 is 14.7 Å². The number of carbonyl (C=O) groups excluding carboxylic acids is 1. The zero-order chi connectivity index (χ0) is 23.7. The van der Waals surface area contributed by atoms with Crippen molar-refractivity contribution in [3.05, 3.63) is 17.5 Å². The molecule has 1 N–H and O–H groups in total. The number of piperidine rings is 1. The summed E-state index contributed by atoms with van der Waals surface area (Å²) in [6.45, 7) is 17.4. The molecule has 1 saturated heterocycles. The van der Waals surface area contributed by atoms with Gasteiger partial charge in [0.1, 0.15) is 7.85 Å². The number of aryl methyl sites for hydroxylation is 1. The first-order valence-electron chi connectivity index (χ1n) is 10.4. The smallest absolute Gasteiger partial charge is 0.310 e. The predicted octanol–water partition coefficient (Wildman–Crippen LogP) is 3.33. The van der Waals surface area contributed by atoms with E-state index in [0.29, 0.717) is 10.9 Å². The van der Waals surface area contributed by atoms with Crippen LogP contribution in [-0.4, -0.2) is 48.7 Å². The van der Waals surface area contributed by atoms with E-state index in [0.717, 1.165) is 42.9 Å². The third-order valence-corrected chi connectivity index (χ3v) is 4.51. The third kappa shape index (κ3) is 10.7. The molecule has 1 aliphatic rings. The zero-order valence-corrected chi connectivity index (χ0v) is 20.1. The summed E-state index contributed by atoms with van der Waals surface area (Å²) in [7, 11) is 6.21. The van der Waals surface area contributed by atoms with Crippen LogP contribution in [0, 0.1) is 25.2 Å². The number of rotatable bonds is 4. The standard InChI is InChI=1S/C18H27BN2O2.C4H10O.C2H2/c1-12(2)23-16(22)10-14-13(3)20-11-15(19)17(14)21-8-6-18(4,5)7-9-21;1-4(2,3)5;1-2/h11-12H,6-10H2,1-5H3;5H,1-3H3;1-2H. The normalized spacial score (nSPS) is 15.4. The third-order valence-electron chi connectivity index (χ3n) is 4.51. The highest BCUT2D eigenvalue weighted by molar-refractivity contribution is 6.36. The van der Waals surface area contributed by atoms with Gasteiger partial charge in [-0.2, -0.15) is 0 Å². The fourth-order valence-corrected chi connectivity index (χ4v) is 3.02. The molecule has 0 saturated carbocycles. The van der Waals surface area contributed by atoms with E-state index in [9.17, 15) is 4.79 Å². The second-order valence-corrected chi connectivity index (χ2v) is 9.66. The van der Waals surface area contributed by atoms with Crippen LogP contribution in [-0.2, 0) is 16.0 Å². The number of hydrogen-bond acceptors (Lipinski definition) is 5. The summed E-state index contributed by atoms with van der Waals surface area (Å²) in [5.74, 6) is -0.228. The quantitative estimate of drug-likeness (QED) is 0.465. The zero-order valence-electron chi connectivity index (χ0n) is 20.1. The monoisotopic (exact) mass is 414 g/mol. The average Bonchev–Trinajstić information content (AvgIpc) is 2.59. The highest BCUT2D eigenvalue weighted by Crippen LogP contribution is 2.33. The number of terminal acetylenes is 1. The lowest BCUT2D eigenvalue weighted by atomic mass is 9.81. The van der Waals surface area contributed by atoms with E-state index in [-0.39, 0.29) is 18.5 Å². The minimum absolute atomic E-state index is 0.115. The lowest BCUT2D eigenvalue weighted by molar-refractivity contribution is -0.146. The van der Waals surface area contributed by atoms with E-state index in [2.05, 4.69) is 36.6 Å². The fourth-order valence-electron chi connectivity index (χ4n) is 3.02. The minimum atomic E-state index is -0.500. The van der Waals surface area contributed by atoms with Gasteiger partial charge in [-0.15, -0.1) is 12.8 Å². The Morgan fingerprint density at radius 2 is 1.77 bits per heavy atom. The van der Waals surface area contributed by atoms with E-state index in [4.69, 9.17) is 17.7 Å². The van der Waals surface area contributed by atoms with Crippen molar-refractivity contribution < 1.29 is 14.6 Å². The number of carbonyl (C=O) groups is 1. The van der Waals surface area contributed by atoms with Crippen molar-refractivity contribution in [1.82, 2.24) is 4.98 Å². The summed E-state index contributed by atoms with van der Waals surface area (Å²) in [6.07, 6.45) is 12.0. The van der Waals surface area contributed by atoms with E-state index < -0.39 is 5.60 Å². The van der Waals surface area contributed by atoms with Gasteiger partial charge in [-0.3, -0.25) is 9.78 Å². The van der Waals surface area contributed by atoms with Gasteiger partial charge in [0.05, 0.1) is 18.1 Å². The maximum Gasteiger partial charge on any atom is 0.310 e. The van der Waals surface area contributed by atoms with Crippen molar-refractivity contribution in [3.63, 3.8) is 0 Å². The number of hydrogen-bond donors (Lipinski definition) is 1. The minimum Gasteiger partial charge on any atom is -0.463 e. The number of aliphatic hydroxyl groups is 1. The molecule has 2 heterocycles. The van der Waals surface area contributed by atoms with Gasteiger partial charge >= 0.3 is 5.97 Å². The Morgan fingerprint density at radius 1 is 1.30 bits per heavy atom. The largest absolute Gasteiger partial charge is 0.463 e. The van der Waals surface area contributed by atoms with Crippen LogP contribution in [0.1, 0.15) is 72.6 Å². The molecule has 30 heavy (non-hydrogen) atoms. The van der Waals surface area contributed by atoms with Gasteiger partial charge in [0, 0.05) is 36.2 Å². The Morgan fingerprint density at radius 3 is 2.20 bits per heavy atom. The molecule has 0 aliphatic carbocycles. The van der Waals surface area contributed by atoms with Gasteiger partial charge in [0.15, 0.2) is 0 Å². The molecule has 0 atom stereocenters. The fraction of sp³-hybridized carbons (Fsp3) is 0.667. The van der Waals surface area contributed by atoms with Gasteiger partial charge in [0.25, 0.3) is 0 Å². The molecular formula is C24H39BN2O3. The summed E-state index contributed by atoms with van der Waals surface area (Å²) < 4.78 is 5.30. The Kier molecular flexibility index (Phi) is 11.2. The number of esters is 1. The molecule has 0 spiro atoms. The van der Waals surface area contributed by atoms with Crippen LogP contribution in [0.2, 0.25) is 0 Å². The van der Waals surface area contributed by atoms with Gasteiger partial charge in [0.2, 0.25) is 0 Å². The summed E-state index contributed by atoms with van der Waals surface area (Å²) in [5, 5.41) is 8.52.